The molecule has 0 aromatic heterocycles. The summed E-state index contributed by atoms with van der Waals surface area (Å²) in [5, 5.41) is 11.8. The Morgan fingerprint density at radius 3 is 2.65 bits per heavy atom. The van der Waals surface area contributed by atoms with E-state index in [2.05, 4.69) is 5.32 Å². The lowest BCUT2D eigenvalue weighted by molar-refractivity contribution is -0.138. The van der Waals surface area contributed by atoms with Crippen molar-refractivity contribution in [2.75, 3.05) is 19.7 Å². The number of hydrogen-bond acceptors (Lipinski definition) is 3. The van der Waals surface area contributed by atoms with Crippen LogP contribution < -0.4 is 5.32 Å². The van der Waals surface area contributed by atoms with Crippen LogP contribution in [0.3, 0.4) is 0 Å². The lowest BCUT2D eigenvalue weighted by Gasteiger charge is -2.30. The molecule has 17 heavy (non-hydrogen) atoms. The van der Waals surface area contributed by atoms with Crippen molar-refractivity contribution in [2.45, 2.75) is 38.1 Å². The molecule has 0 bridgehead atoms. The Kier molecular flexibility index (Phi) is 3.99. The number of rotatable bonds is 4. The largest absolute Gasteiger partial charge is 0.395 e. The van der Waals surface area contributed by atoms with E-state index < -0.39 is 0 Å². The fraction of sp³-hybridized carbons (Fsp3) is 0.833. The van der Waals surface area contributed by atoms with Crippen molar-refractivity contribution in [3.8, 4) is 0 Å². The highest BCUT2D eigenvalue weighted by molar-refractivity contribution is 5.89. The zero-order chi connectivity index (χ0) is 12.3. The van der Waals surface area contributed by atoms with Crippen molar-refractivity contribution in [3.05, 3.63) is 0 Å². The number of hydrogen-bond donors (Lipinski definition) is 2. The van der Waals surface area contributed by atoms with Gasteiger partial charge in [0.1, 0.15) is 0 Å². The number of aliphatic hydroxyl groups is 1. The van der Waals surface area contributed by atoms with Gasteiger partial charge < -0.3 is 15.3 Å². The molecule has 0 radical (unpaired) electrons. The van der Waals surface area contributed by atoms with Gasteiger partial charge in [-0.25, -0.2) is 0 Å². The van der Waals surface area contributed by atoms with Crippen molar-refractivity contribution in [1.29, 1.82) is 0 Å². The van der Waals surface area contributed by atoms with Crippen LogP contribution >= 0.6 is 0 Å². The molecule has 1 aliphatic carbocycles. The second-order valence-electron chi connectivity index (χ2n) is 4.90. The number of carbonyl (C=O) groups is 2. The minimum absolute atomic E-state index is 0.00364. The summed E-state index contributed by atoms with van der Waals surface area (Å²) in [4.78, 5) is 25.2. The Hall–Kier alpha value is -1.10. The predicted octanol–water partition coefficient (Wildman–Crippen LogP) is -0.114. The molecular formula is C12H20N2O3. The first-order chi connectivity index (χ1) is 8.22. The van der Waals surface area contributed by atoms with E-state index in [9.17, 15) is 9.59 Å². The summed E-state index contributed by atoms with van der Waals surface area (Å²) < 4.78 is 0. The van der Waals surface area contributed by atoms with Crippen LogP contribution in [0.15, 0.2) is 0 Å². The minimum Gasteiger partial charge on any atom is -0.395 e. The molecule has 0 aromatic rings. The van der Waals surface area contributed by atoms with Gasteiger partial charge in [0.2, 0.25) is 11.8 Å². The van der Waals surface area contributed by atoms with Crippen LogP contribution in [0.5, 0.6) is 0 Å². The number of nitrogens with zero attached hydrogens (tertiary/aromatic N) is 1. The smallest absolute Gasteiger partial charge is 0.228 e. The summed E-state index contributed by atoms with van der Waals surface area (Å²) in [7, 11) is 0. The van der Waals surface area contributed by atoms with Crippen LogP contribution in [0, 0.1) is 5.92 Å². The van der Waals surface area contributed by atoms with Crippen LogP contribution in [0.1, 0.15) is 32.1 Å². The standard InChI is InChI=1S/C12H20N2O3/c15-6-5-14(10-3-1-2-4-10)12(17)9-7-11(16)13-8-9/h9-10,15H,1-8H2,(H,13,16). The Balaban J connectivity index is 1.99. The van der Waals surface area contributed by atoms with E-state index in [1.54, 1.807) is 4.90 Å². The highest BCUT2D eigenvalue weighted by Crippen LogP contribution is 2.25. The molecule has 1 heterocycles. The molecule has 5 nitrogen and oxygen atoms in total. The van der Waals surface area contributed by atoms with Gasteiger partial charge in [0, 0.05) is 25.6 Å². The van der Waals surface area contributed by atoms with E-state index >= 15 is 0 Å². The molecule has 96 valence electrons. The molecule has 2 amide bonds. The van der Waals surface area contributed by atoms with E-state index in [-0.39, 0.29) is 30.4 Å². The van der Waals surface area contributed by atoms with Crippen molar-refractivity contribution in [3.63, 3.8) is 0 Å². The zero-order valence-electron chi connectivity index (χ0n) is 10.0. The summed E-state index contributed by atoms with van der Waals surface area (Å²) >= 11 is 0. The molecular weight excluding hydrogens is 220 g/mol. The number of amides is 2. The topological polar surface area (TPSA) is 69.6 Å². The molecule has 2 fully saturated rings. The normalized spacial score (nSPS) is 25.0. The van der Waals surface area contributed by atoms with Crippen molar-refractivity contribution in [2.24, 2.45) is 5.92 Å². The third-order valence-electron chi connectivity index (χ3n) is 3.72. The molecule has 1 aliphatic heterocycles. The van der Waals surface area contributed by atoms with Gasteiger partial charge in [0.25, 0.3) is 0 Å². The van der Waals surface area contributed by atoms with E-state index in [4.69, 9.17) is 5.11 Å². The number of carbonyl (C=O) groups excluding carboxylic acids is 2. The number of nitrogens with one attached hydrogen (secondary N) is 1. The molecule has 2 N–H and O–H groups in total. The SMILES string of the molecule is O=C1CC(C(=O)N(CCO)C2CCCC2)CN1. The maximum Gasteiger partial charge on any atom is 0.228 e. The van der Waals surface area contributed by atoms with E-state index in [1.807, 2.05) is 0 Å². The van der Waals surface area contributed by atoms with Gasteiger partial charge in [-0.15, -0.1) is 0 Å². The summed E-state index contributed by atoms with van der Waals surface area (Å²) in [6.07, 6.45) is 4.66. The fourth-order valence-electron chi connectivity index (χ4n) is 2.81. The van der Waals surface area contributed by atoms with Gasteiger partial charge >= 0.3 is 0 Å². The van der Waals surface area contributed by atoms with Gasteiger partial charge in [-0.3, -0.25) is 9.59 Å². The van der Waals surface area contributed by atoms with Crippen LogP contribution in [0.25, 0.3) is 0 Å². The zero-order valence-corrected chi connectivity index (χ0v) is 10.0. The average Bonchev–Trinajstić information content (AvgIpc) is 2.95. The summed E-state index contributed by atoms with van der Waals surface area (Å²) in [5.74, 6) is -0.238. The monoisotopic (exact) mass is 240 g/mol. The van der Waals surface area contributed by atoms with Crippen molar-refractivity contribution in [1.82, 2.24) is 10.2 Å². The minimum atomic E-state index is -0.227. The lowest BCUT2D eigenvalue weighted by Crippen LogP contribution is -2.44. The number of aliphatic hydroxyl groups excluding tert-OH is 1. The maximum absolute atomic E-state index is 12.3. The Labute approximate surface area is 101 Å². The van der Waals surface area contributed by atoms with Crippen molar-refractivity contribution >= 4 is 11.8 Å². The molecule has 0 spiro atoms. The first kappa shape index (κ1) is 12.4. The molecule has 5 heteroatoms. The summed E-state index contributed by atoms with van der Waals surface area (Å²) in [5.41, 5.74) is 0. The maximum atomic E-state index is 12.3. The van der Waals surface area contributed by atoms with Crippen LogP contribution in [0.2, 0.25) is 0 Å². The third-order valence-corrected chi connectivity index (χ3v) is 3.72. The van der Waals surface area contributed by atoms with Gasteiger partial charge in [-0.05, 0) is 12.8 Å². The second kappa shape index (κ2) is 5.49. The third kappa shape index (κ3) is 2.77. The first-order valence-electron chi connectivity index (χ1n) is 6.40. The van der Waals surface area contributed by atoms with E-state index in [0.29, 0.717) is 19.5 Å². The van der Waals surface area contributed by atoms with Crippen LogP contribution in [0.4, 0.5) is 0 Å². The average molecular weight is 240 g/mol. The molecule has 0 aromatic carbocycles. The summed E-state index contributed by atoms with van der Waals surface area (Å²) in [6, 6.07) is 0.269. The van der Waals surface area contributed by atoms with Crippen LogP contribution in [-0.4, -0.2) is 47.6 Å². The van der Waals surface area contributed by atoms with E-state index in [1.165, 1.54) is 0 Å². The Morgan fingerprint density at radius 1 is 1.41 bits per heavy atom. The quantitative estimate of drug-likeness (QED) is 0.720. The van der Waals surface area contributed by atoms with Crippen molar-refractivity contribution < 1.29 is 14.7 Å². The molecule has 1 saturated carbocycles. The highest BCUT2D eigenvalue weighted by atomic mass is 16.3. The van der Waals surface area contributed by atoms with Gasteiger partial charge in [0.15, 0.2) is 0 Å². The Bertz CT molecular complexity index is 300. The summed E-state index contributed by atoms with van der Waals surface area (Å²) in [6.45, 7) is 0.844. The van der Waals surface area contributed by atoms with Gasteiger partial charge in [0.05, 0.1) is 12.5 Å². The molecule has 2 aliphatic rings. The molecule has 1 unspecified atom stereocenters. The Morgan fingerprint density at radius 2 is 2.12 bits per heavy atom. The van der Waals surface area contributed by atoms with Crippen LogP contribution in [-0.2, 0) is 9.59 Å². The molecule has 2 rings (SSSR count). The fourth-order valence-corrected chi connectivity index (χ4v) is 2.81. The first-order valence-corrected chi connectivity index (χ1v) is 6.40. The van der Waals surface area contributed by atoms with E-state index in [0.717, 1.165) is 25.7 Å². The lowest BCUT2D eigenvalue weighted by atomic mass is 10.1. The molecule has 1 saturated heterocycles. The van der Waals surface area contributed by atoms with Gasteiger partial charge in [-0.2, -0.15) is 0 Å². The molecule has 1 atom stereocenters. The predicted molar refractivity (Wildman–Crippen MR) is 62.2 cm³/mol. The van der Waals surface area contributed by atoms with Gasteiger partial charge in [-0.1, -0.05) is 12.8 Å². The second-order valence-corrected chi connectivity index (χ2v) is 4.90. The highest BCUT2D eigenvalue weighted by Gasteiger charge is 2.34.